The molecular formula is C20H23F3N6O. The maximum atomic E-state index is 13.1. The number of hydrogen-bond acceptors (Lipinski definition) is 7. The molecule has 0 N–H and O–H groups in total. The Bertz CT molecular complexity index is 912. The maximum Gasteiger partial charge on any atom is 0.433 e. The van der Waals surface area contributed by atoms with Gasteiger partial charge in [0.05, 0.1) is 18.9 Å². The number of nitrogens with zero attached hydrogens (tertiary/aromatic N) is 6. The molecule has 0 radical (unpaired) electrons. The Hall–Kier alpha value is -2.49. The summed E-state index contributed by atoms with van der Waals surface area (Å²) in [5, 5.41) is 0. The van der Waals surface area contributed by atoms with Crippen molar-refractivity contribution in [3.8, 4) is 0 Å². The molecule has 0 unspecified atom stereocenters. The summed E-state index contributed by atoms with van der Waals surface area (Å²) in [5.41, 5.74) is 1.23. The van der Waals surface area contributed by atoms with Gasteiger partial charge in [0.25, 0.3) is 0 Å². The second-order valence-corrected chi connectivity index (χ2v) is 8.04. The molecule has 0 amide bonds. The Kier molecular flexibility index (Phi) is 4.96. The smallest absolute Gasteiger partial charge is 0.376 e. The molecule has 1 aliphatic carbocycles. The van der Waals surface area contributed by atoms with Crippen molar-refractivity contribution in [2.24, 2.45) is 0 Å². The van der Waals surface area contributed by atoms with E-state index in [9.17, 15) is 13.2 Å². The van der Waals surface area contributed by atoms with Crippen LogP contribution in [0.25, 0.3) is 0 Å². The lowest BCUT2D eigenvalue weighted by atomic mass is 10.0. The Balaban J connectivity index is 1.33. The van der Waals surface area contributed by atoms with Gasteiger partial charge in [-0.05, 0) is 25.7 Å². The molecule has 1 saturated carbocycles. The fraction of sp³-hybridized carbons (Fsp3) is 0.600. The minimum absolute atomic E-state index is 0.152. The van der Waals surface area contributed by atoms with E-state index in [0.717, 1.165) is 74.7 Å². The summed E-state index contributed by atoms with van der Waals surface area (Å²) in [6.45, 7) is 2.78. The molecule has 0 bridgehead atoms. The molecule has 2 aliphatic heterocycles. The standard InChI is InChI=1S/C20H23F3N6O/c21-20(22,23)17-9-18(26-12-25-17)29(13-1-2-13)14-3-6-28(7-4-14)19-15-10-30-8-5-16(15)24-11-27-19/h9,11-14H,1-8,10H2. The number of ether oxygens (including phenoxy) is 1. The van der Waals surface area contributed by atoms with Crippen LogP contribution in [0, 0.1) is 0 Å². The van der Waals surface area contributed by atoms with Crippen LogP contribution in [0.2, 0.25) is 0 Å². The van der Waals surface area contributed by atoms with E-state index in [1.807, 2.05) is 0 Å². The van der Waals surface area contributed by atoms with Gasteiger partial charge in [-0.3, -0.25) is 0 Å². The van der Waals surface area contributed by atoms with Gasteiger partial charge in [-0.1, -0.05) is 0 Å². The number of hydrogen-bond donors (Lipinski definition) is 0. The number of rotatable bonds is 4. The van der Waals surface area contributed by atoms with Gasteiger partial charge in [0.15, 0.2) is 0 Å². The van der Waals surface area contributed by atoms with Gasteiger partial charge in [-0.15, -0.1) is 0 Å². The van der Waals surface area contributed by atoms with Gasteiger partial charge >= 0.3 is 6.18 Å². The normalized spacial score (nSPS) is 20.2. The van der Waals surface area contributed by atoms with Crippen molar-refractivity contribution in [2.75, 3.05) is 29.5 Å². The summed E-state index contributed by atoms with van der Waals surface area (Å²) in [6, 6.07) is 1.50. The Labute approximate surface area is 172 Å². The summed E-state index contributed by atoms with van der Waals surface area (Å²) in [5.74, 6) is 1.31. The first kappa shape index (κ1) is 19.5. The van der Waals surface area contributed by atoms with E-state index in [4.69, 9.17) is 4.74 Å². The second kappa shape index (κ2) is 7.64. The lowest BCUT2D eigenvalue weighted by Crippen LogP contribution is -2.47. The number of aromatic nitrogens is 4. The van der Waals surface area contributed by atoms with Gasteiger partial charge in [-0.2, -0.15) is 13.2 Å². The molecule has 2 fully saturated rings. The van der Waals surface area contributed by atoms with Crippen LogP contribution in [0.1, 0.15) is 42.6 Å². The van der Waals surface area contributed by atoms with Crippen molar-refractivity contribution >= 4 is 11.6 Å². The highest BCUT2D eigenvalue weighted by molar-refractivity contribution is 5.50. The molecular weight excluding hydrogens is 397 g/mol. The SMILES string of the molecule is FC(F)(F)c1cc(N(C2CC2)C2CCN(c3ncnc4c3COCC4)CC2)ncn1. The van der Waals surface area contributed by atoms with Crippen molar-refractivity contribution in [1.29, 1.82) is 0 Å². The first-order valence-electron chi connectivity index (χ1n) is 10.3. The topological polar surface area (TPSA) is 67.3 Å². The third kappa shape index (κ3) is 3.80. The van der Waals surface area contributed by atoms with E-state index >= 15 is 0 Å². The van der Waals surface area contributed by atoms with E-state index in [1.165, 1.54) is 0 Å². The van der Waals surface area contributed by atoms with Gasteiger partial charge in [0.1, 0.15) is 30.0 Å². The average Bonchev–Trinajstić information content (AvgIpc) is 3.59. The van der Waals surface area contributed by atoms with Crippen molar-refractivity contribution in [2.45, 2.75) is 57.0 Å². The van der Waals surface area contributed by atoms with Crippen LogP contribution in [0.15, 0.2) is 18.7 Å². The molecule has 1 saturated heterocycles. The molecule has 5 rings (SSSR count). The summed E-state index contributed by atoms with van der Waals surface area (Å²) in [6.07, 6.45) is 2.61. The Morgan fingerprint density at radius 2 is 1.70 bits per heavy atom. The number of fused-ring (bicyclic) bond motifs is 1. The van der Waals surface area contributed by atoms with E-state index < -0.39 is 11.9 Å². The third-order valence-corrected chi connectivity index (χ3v) is 6.05. The lowest BCUT2D eigenvalue weighted by Gasteiger charge is -2.40. The summed E-state index contributed by atoms with van der Waals surface area (Å²) in [4.78, 5) is 20.8. The van der Waals surface area contributed by atoms with Crippen LogP contribution in [0.5, 0.6) is 0 Å². The van der Waals surface area contributed by atoms with E-state index in [0.29, 0.717) is 19.0 Å². The summed E-state index contributed by atoms with van der Waals surface area (Å²) < 4.78 is 45.0. The molecule has 10 heteroatoms. The number of anilines is 2. The predicted molar refractivity (Wildman–Crippen MR) is 103 cm³/mol. The van der Waals surface area contributed by atoms with Crippen LogP contribution < -0.4 is 9.80 Å². The first-order chi connectivity index (χ1) is 14.5. The van der Waals surface area contributed by atoms with Gasteiger partial charge < -0.3 is 14.5 Å². The quantitative estimate of drug-likeness (QED) is 0.753. The molecule has 30 heavy (non-hydrogen) atoms. The highest BCUT2D eigenvalue weighted by Gasteiger charge is 2.39. The molecule has 7 nitrogen and oxygen atoms in total. The van der Waals surface area contributed by atoms with Crippen molar-refractivity contribution in [1.82, 2.24) is 19.9 Å². The molecule has 2 aromatic rings. The lowest BCUT2D eigenvalue weighted by molar-refractivity contribution is -0.141. The predicted octanol–water partition coefficient (Wildman–Crippen LogP) is 3.00. The van der Waals surface area contributed by atoms with Crippen LogP contribution in [-0.4, -0.2) is 51.7 Å². The van der Waals surface area contributed by atoms with Crippen molar-refractivity contribution in [3.05, 3.63) is 35.7 Å². The first-order valence-corrected chi connectivity index (χ1v) is 10.3. The minimum Gasteiger partial charge on any atom is -0.376 e. The number of alkyl halides is 3. The monoisotopic (exact) mass is 420 g/mol. The molecule has 0 aromatic carbocycles. The highest BCUT2D eigenvalue weighted by Crippen LogP contribution is 2.38. The Morgan fingerprint density at radius 1 is 0.967 bits per heavy atom. The van der Waals surface area contributed by atoms with Crippen LogP contribution in [0.3, 0.4) is 0 Å². The number of halogens is 3. The summed E-state index contributed by atoms with van der Waals surface area (Å²) >= 11 is 0. The Morgan fingerprint density at radius 3 is 2.43 bits per heavy atom. The van der Waals surface area contributed by atoms with E-state index in [2.05, 4.69) is 29.7 Å². The molecule has 0 spiro atoms. The largest absolute Gasteiger partial charge is 0.433 e. The summed E-state index contributed by atoms with van der Waals surface area (Å²) in [7, 11) is 0. The molecule has 2 aromatic heterocycles. The van der Waals surface area contributed by atoms with Crippen LogP contribution in [0.4, 0.5) is 24.8 Å². The van der Waals surface area contributed by atoms with Crippen molar-refractivity contribution in [3.63, 3.8) is 0 Å². The minimum atomic E-state index is -4.47. The zero-order chi connectivity index (χ0) is 20.7. The third-order valence-electron chi connectivity index (χ3n) is 6.05. The van der Waals surface area contributed by atoms with E-state index in [1.54, 1.807) is 6.33 Å². The molecule has 3 aliphatic rings. The number of piperidine rings is 1. The van der Waals surface area contributed by atoms with Crippen molar-refractivity contribution < 1.29 is 17.9 Å². The molecule has 4 heterocycles. The molecule has 160 valence electrons. The fourth-order valence-electron chi connectivity index (χ4n) is 4.44. The van der Waals surface area contributed by atoms with Crippen LogP contribution in [-0.2, 0) is 23.9 Å². The highest BCUT2D eigenvalue weighted by atomic mass is 19.4. The van der Waals surface area contributed by atoms with Gasteiger partial charge in [0.2, 0.25) is 0 Å². The van der Waals surface area contributed by atoms with Crippen LogP contribution >= 0.6 is 0 Å². The maximum absolute atomic E-state index is 13.1. The van der Waals surface area contributed by atoms with E-state index in [-0.39, 0.29) is 12.1 Å². The second-order valence-electron chi connectivity index (χ2n) is 8.04. The average molecular weight is 420 g/mol. The zero-order valence-electron chi connectivity index (χ0n) is 16.5. The van der Waals surface area contributed by atoms with Gasteiger partial charge in [0, 0.05) is 43.2 Å². The van der Waals surface area contributed by atoms with Gasteiger partial charge in [-0.25, -0.2) is 19.9 Å². The molecule has 0 atom stereocenters. The zero-order valence-corrected chi connectivity index (χ0v) is 16.5. The fourth-order valence-corrected chi connectivity index (χ4v) is 4.44.